The van der Waals surface area contributed by atoms with Crippen molar-refractivity contribution < 1.29 is 4.79 Å². The highest BCUT2D eigenvalue weighted by atomic mass is 16.1. The zero-order valence-electron chi connectivity index (χ0n) is 10.2. The quantitative estimate of drug-likeness (QED) is 0.728. The molecule has 3 heteroatoms. The summed E-state index contributed by atoms with van der Waals surface area (Å²) in [7, 11) is 0. The lowest BCUT2D eigenvalue weighted by molar-refractivity contribution is -0.126. The summed E-state index contributed by atoms with van der Waals surface area (Å²) in [6.45, 7) is 7.32. The summed E-state index contributed by atoms with van der Waals surface area (Å²) >= 11 is 0. The summed E-state index contributed by atoms with van der Waals surface area (Å²) in [4.78, 5) is 11.7. The zero-order chi connectivity index (χ0) is 11.5. The lowest BCUT2D eigenvalue weighted by Gasteiger charge is -2.34. The summed E-state index contributed by atoms with van der Waals surface area (Å²) in [5.41, 5.74) is 5.17. The van der Waals surface area contributed by atoms with E-state index in [1.807, 2.05) is 0 Å². The molecular formula is C12H24N2O. The van der Waals surface area contributed by atoms with Gasteiger partial charge < -0.3 is 11.1 Å². The third kappa shape index (κ3) is 2.51. The van der Waals surface area contributed by atoms with E-state index in [-0.39, 0.29) is 5.91 Å². The number of nitrogens with one attached hydrogen (secondary N) is 1. The number of nitrogens with two attached hydrogens (primary N) is 1. The number of rotatable bonds is 5. The molecule has 0 aromatic carbocycles. The molecule has 0 aromatic rings. The summed E-state index contributed by atoms with van der Waals surface area (Å²) in [6, 6.07) is 0. The van der Waals surface area contributed by atoms with E-state index >= 15 is 0 Å². The van der Waals surface area contributed by atoms with Gasteiger partial charge in [-0.05, 0) is 31.2 Å². The molecule has 1 aliphatic rings. The second kappa shape index (κ2) is 4.97. The predicted octanol–water partition coefficient (Wildman–Crippen LogP) is 1.67. The molecule has 3 N–H and O–H groups in total. The Balaban J connectivity index is 2.73. The van der Waals surface area contributed by atoms with Crippen LogP contribution >= 0.6 is 0 Å². The third-order valence-electron chi connectivity index (χ3n) is 3.58. The molecule has 2 atom stereocenters. The van der Waals surface area contributed by atoms with Gasteiger partial charge in [0.15, 0.2) is 0 Å². The minimum atomic E-state index is -0.418. The molecule has 0 spiro atoms. The van der Waals surface area contributed by atoms with Gasteiger partial charge in [-0.15, -0.1) is 0 Å². The van der Waals surface area contributed by atoms with Crippen molar-refractivity contribution in [3.05, 3.63) is 0 Å². The van der Waals surface area contributed by atoms with Crippen LogP contribution in [0.25, 0.3) is 0 Å². The standard InChI is InChI=1S/C12H24N2O/c1-4-10-6-5-7-12(10,11(13)15)14-8-9(2)3/h9-10,14H,4-8H2,1-3H3,(H2,13,15). The predicted molar refractivity (Wildman–Crippen MR) is 62.4 cm³/mol. The monoisotopic (exact) mass is 212 g/mol. The molecule has 0 aromatic heterocycles. The molecular weight excluding hydrogens is 188 g/mol. The number of carbonyl (C=O) groups is 1. The first-order valence-electron chi connectivity index (χ1n) is 6.08. The molecule has 2 unspecified atom stereocenters. The molecule has 88 valence electrons. The van der Waals surface area contributed by atoms with Crippen LogP contribution in [0.5, 0.6) is 0 Å². The minimum Gasteiger partial charge on any atom is -0.368 e. The van der Waals surface area contributed by atoms with E-state index in [0.29, 0.717) is 11.8 Å². The van der Waals surface area contributed by atoms with Crippen LogP contribution in [0.3, 0.4) is 0 Å². The first-order valence-corrected chi connectivity index (χ1v) is 6.08. The molecule has 0 saturated heterocycles. The van der Waals surface area contributed by atoms with Gasteiger partial charge in [0.25, 0.3) is 0 Å². The maximum Gasteiger partial charge on any atom is 0.238 e. The Morgan fingerprint density at radius 1 is 1.60 bits per heavy atom. The topological polar surface area (TPSA) is 55.1 Å². The average Bonchev–Trinajstić information content (AvgIpc) is 2.58. The Kier molecular flexibility index (Phi) is 4.14. The SMILES string of the molecule is CCC1CCCC1(NCC(C)C)C(N)=O. The zero-order valence-corrected chi connectivity index (χ0v) is 10.2. The van der Waals surface area contributed by atoms with Gasteiger partial charge in [-0.3, -0.25) is 4.79 Å². The Morgan fingerprint density at radius 2 is 2.27 bits per heavy atom. The molecule has 1 amide bonds. The van der Waals surface area contributed by atoms with E-state index in [1.165, 1.54) is 0 Å². The van der Waals surface area contributed by atoms with Crippen LogP contribution in [0.1, 0.15) is 46.5 Å². The fourth-order valence-corrected chi connectivity index (χ4v) is 2.66. The van der Waals surface area contributed by atoms with Gasteiger partial charge in [0, 0.05) is 0 Å². The van der Waals surface area contributed by atoms with Crippen LogP contribution in [0, 0.1) is 11.8 Å². The lowest BCUT2D eigenvalue weighted by Crippen LogP contribution is -2.58. The maximum atomic E-state index is 11.7. The average molecular weight is 212 g/mol. The molecule has 1 aliphatic carbocycles. The van der Waals surface area contributed by atoms with E-state index in [9.17, 15) is 4.79 Å². The van der Waals surface area contributed by atoms with E-state index in [0.717, 1.165) is 32.2 Å². The summed E-state index contributed by atoms with van der Waals surface area (Å²) in [6.07, 6.45) is 4.19. The number of hydrogen-bond donors (Lipinski definition) is 2. The molecule has 0 radical (unpaired) electrons. The van der Waals surface area contributed by atoms with Crippen molar-refractivity contribution in [2.45, 2.75) is 52.0 Å². The van der Waals surface area contributed by atoms with Gasteiger partial charge in [0.1, 0.15) is 5.54 Å². The normalized spacial score (nSPS) is 31.1. The molecule has 1 rings (SSSR count). The Labute approximate surface area is 92.8 Å². The molecule has 0 heterocycles. The van der Waals surface area contributed by atoms with Crippen molar-refractivity contribution in [1.29, 1.82) is 0 Å². The summed E-state index contributed by atoms with van der Waals surface area (Å²) in [5, 5.41) is 3.42. The van der Waals surface area contributed by atoms with Crippen molar-refractivity contribution in [2.75, 3.05) is 6.54 Å². The molecule has 3 nitrogen and oxygen atoms in total. The van der Waals surface area contributed by atoms with Gasteiger partial charge in [0.2, 0.25) is 5.91 Å². The number of carbonyl (C=O) groups excluding carboxylic acids is 1. The molecule has 15 heavy (non-hydrogen) atoms. The van der Waals surface area contributed by atoms with Crippen LogP contribution in [0.4, 0.5) is 0 Å². The van der Waals surface area contributed by atoms with Crippen molar-refractivity contribution in [3.8, 4) is 0 Å². The summed E-state index contributed by atoms with van der Waals surface area (Å²) < 4.78 is 0. The molecule has 1 saturated carbocycles. The van der Waals surface area contributed by atoms with E-state index < -0.39 is 5.54 Å². The Hall–Kier alpha value is -0.570. The highest BCUT2D eigenvalue weighted by molar-refractivity contribution is 5.85. The number of hydrogen-bond acceptors (Lipinski definition) is 2. The molecule has 1 fully saturated rings. The van der Waals surface area contributed by atoms with E-state index in [4.69, 9.17) is 5.73 Å². The molecule has 0 aliphatic heterocycles. The Bertz CT molecular complexity index is 228. The van der Waals surface area contributed by atoms with Crippen LogP contribution < -0.4 is 11.1 Å². The first-order chi connectivity index (χ1) is 7.03. The van der Waals surface area contributed by atoms with Gasteiger partial charge in [-0.25, -0.2) is 0 Å². The second-order valence-electron chi connectivity index (χ2n) is 5.11. The van der Waals surface area contributed by atoms with Crippen molar-refractivity contribution in [1.82, 2.24) is 5.32 Å². The Morgan fingerprint density at radius 3 is 2.73 bits per heavy atom. The van der Waals surface area contributed by atoms with Crippen molar-refractivity contribution in [3.63, 3.8) is 0 Å². The molecule has 0 bridgehead atoms. The van der Waals surface area contributed by atoms with Gasteiger partial charge in [0.05, 0.1) is 0 Å². The van der Waals surface area contributed by atoms with Gasteiger partial charge >= 0.3 is 0 Å². The van der Waals surface area contributed by atoms with Crippen LogP contribution in [-0.2, 0) is 4.79 Å². The fraction of sp³-hybridized carbons (Fsp3) is 0.917. The van der Waals surface area contributed by atoms with Crippen molar-refractivity contribution in [2.24, 2.45) is 17.6 Å². The van der Waals surface area contributed by atoms with Gasteiger partial charge in [-0.2, -0.15) is 0 Å². The van der Waals surface area contributed by atoms with E-state index in [2.05, 4.69) is 26.1 Å². The van der Waals surface area contributed by atoms with Crippen LogP contribution in [0.15, 0.2) is 0 Å². The highest BCUT2D eigenvalue weighted by Gasteiger charge is 2.46. The summed E-state index contributed by atoms with van der Waals surface area (Å²) in [5.74, 6) is 0.820. The largest absolute Gasteiger partial charge is 0.368 e. The smallest absolute Gasteiger partial charge is 0.238 e. The van der Waals surface area contributed by atoms with Crippen molar-refractivity contribution >= 4 is 5.91 Å². The lowest BCUT2D eigenvalue weighted by atomic mass is 9.84. The minimum absolute atomic E-state index is 0.160. The van der Waals surface area contributed by atoms with Crippen LogP contribution in [-0.4, -0.2) is 18.0 Å². The maximum absolute atomic E-state index is 11.7. The second-order valence-corrected chi connectivity index (χ2v) is 5.11. The first kappa shape index (κ1) is 12.5. The highest BCUT2D eigenvalue weighted by Crippen LogP contribution is 2.37. The fourth-order valence-electron chi connectivity index (χ4n) is 2.66. The number of amides is 1. The third-order valence-corrected chi connectivity index (χ3v) is 3.58. The number of primary amides is 1. The van der Waals surface area contributed by atoms with E-state index in [1.54, 1.807) is 0 Å². The van der Waals surface area contributed by atoms with Gasteiger partial charge in [-0.1, -0.05) is 33.6 Å². The van der Waals surface area contributed by atoms with Crippen LogP contribution in [0.2, 0.25) is 0 Å².